The summed E-state index contributed by atoms with van der Waals surface area (Å²) in [7, 11) is 0. The first-order chi connectivity index (χ1) is 17.0. The number of hydrogen-bond donors (Lipinski definition) is 1. The zero-order valence-corrected chi connectivity index (χ0v) is 19.8. The second-order valence-corrected chi connectivity index (χ2v) is 9.08. The van der Waals surface area contributed by atoms with Crippen LogP contribution in [0, 0.1) is 31.6 Å². The van der Waals surface area contributed by atoms with E-state index in [1.807, 2.05) is 66.9 Å². The van der Waals surface area contributed by atoms with Crippen LogP contribution in [0.2, 0.25) is 0 Å². The molecule has 0 atom stereocenters. The monoisotopic (exact) mass is 462 g/mol. The third-order valence-electron chi connectivity index (χ3n) is 6.47. The molecule has 1 fully saturated rings. The van der Waals surface area contributed by atoms with Crippen LogP contribution in [0.5, 0.6) is 0 Å². The molecule has 35 heavy (non-hydrogen) atoms. The van der Waals surface area contributed by atoms with E-state index in [-0.39, 0.29) is 24.0 Å². The molecular formula is C29H26N4O2. The number of aryl methyl sites for hydroxylation is 2. The average Bonchev–Trinajstić information content (AvgIpc) is 3.21. The molecule has 174 valence electrons. The molecule has 0 radical (unpaired) electrons. The lowest BCUT2D eigenvalue weighted by molar-refractivity contribution is -0.122. The van der Waals surface area contributed by atoms with E-state index in [0.717, 1.165) is 41.6 Å². The first-order valence-electron chi connectivity index (χ1n) is 11.8. The highest BCUT2D eigenvalue weighted by Crippen LogP contribution is 2.28. The van der Waals surface area contributed by atoms with Gasteiger partial charge < -0.3 is 5.32 Å². The summed E-state index contributed by atoms with van der Waals surface area (Å²) in [5, 5.41) is 3.01. The number of carbonyl (C=O) groups excluding carboxylic acids is 2. The summed E-state index contributed by atoms with van der Waals surface area (Å²) in [6.07, 6.45) is 8.57. The number of fused-ring (bicyclic) bond motifs is 1. The lowest BCUT2D eigenvalue weighted by Gasteiger charge is -2.24. The van der Waals surface area contributed by atoms with Crippen molar-refractivity contribution in [3.05, 3.63) is 94.7 Å². The summed E-state index contributed by atoms with van der Waals surface area (Å²) in [5.74, 6) is 6.56. The number of imidazole rings is 1. The van der Waals surface area contributed by atoms with Gasteiger partial charge in [0.1, 0.15) is 5.69 Å². The summed E-state index contributed by atoms with van der Waals surface area (Å²) in [5.41, 5.74) is 6.29. The van der Waals surface area contributed by atoms with Gasteiger partial charge >= 0.3 is 0 Å². The average molecular weight is 463 g/mol. The number of nitrogens with one attached hydrogen (secondary N) is 1. The molecule has 4 aromatic rings. The topological polar surface area (TPSA) is 76.4 Å². The van der Waals surface area contributed by atoms with E-state index < -0.39 is 0 Å². The van der Waals surface area contributed by atoms with Crippen molar-refractivity contribution in [2.45, 2.75) is 39.5 Å². The van der Waals surface area contributed by atoms with Crippen LogP contribution >= 0.6 is 0 Å². The number of pyridine rings is 2. The second-order valence-electron chi connectivity index (χ2n) is 9.08. The van der Waals surface area contributed by atoms with Gasteiger partial charge in [0.15, 0.2) is 11.4 Å². The largest absolute Gasteiger partial charge is 0.323 e. The van der Waals surface area contributed by atoms with Gasteiger partial charge in [-0.1, -0.05) is 24.5 Å². The second kappa shape index (κ2) is 9.55. The molecule has 0 bridgehead atoms. The Morgan fingerprint density at radius 1 is 1.09 bits per heavy atom. The molecule has 1 N–H and O–H groups in total. The molecule has 0 unspecified atom stereocenters. The van der Waals surface area contributed by atoms with Gasteiger partial charge in [0.2, 0.25) is 5.91 Å². The van der Waals surface area contributed by atoms with E-state index >= 15 is 0 Å². The minimum atomic E-state index is 0.00722. The maximum atomic E-state index is 12.9. The van der Waals surface area contributed by atoms with Crippen LogP contribution in [0.3, 0.4) is 0 Å². The molecule has 3 aromatic heterocycles. The number of benzene rings is 1. The maximum absolute atomic E-state index is 12.9. The molecule has 1 saturated carbocycles. The standard InChI is InChI=1S/C29H26N4O2/c1-19-12-13-30-24(15-19)17-27(34)23-9-8-20(2)22(16-23)10-11-25-18-31-28-26(7-4-14-33(25)28)32-29(35)21-5-3-6-21/h4,7-9,12-16,18,21H,3,5-6,17H2,1-2H3,(H,32,35). The number of aromatic nitrogens is 3. The number of amides is 1. The van der Waals surface area contributed by atoms with Gasteiger partial charge in [0, 0.05) is 35.1 Å². The van der Waals surface area contributed by atoms with Crippen molar-refractivity contribution in [2.24, 2.45) is 5.92 Å². The van der Waals surface area contributed by atoms with Crippen LogP contribution in [0.25, 0.3) is 5.65 Å². The molecular weight excluding hydrogens is 436 g/mol. The highest BCUT2D eigenvalue weighted by Gasteiger charge is 2.25. The van der Waals surface area contributed by atoms with Crippen molar-refractivity contribution in [3.63, 3.8) is 0 Å². The van der Waals surface area contributed by atoms with Gasteiger partial charge in [-0.3, -0.25) is 19.0 Å². The van der Waals surface area contributed by atoms with Crippen LogP contribution in [0.4, 0.5) is 5.69 Å². The predicted octanol–water partition coefficient (Wildman–Crippen LogP) is 4.91. The van der Waals surface area contributed by atoms with Gasteiger partial charge in [-0.2, -0.15) is 0 Å². The van der Waals surface area contributed by atoms with E-state index in [4.69, 9.17) is 0 Å². The Hall–Kier alpha value is -4.24. The van der Waals surface area contributed by atoms with Crippen LogP contribution in [0.15, 0.2) is 61.1 Å². The van der Waals surface area contributed by atoms with E-state index in [1.54, 1.807) is 12.4 Å². The van der Waals surface area contributed by atoms with Crippen LogP contribution in [-0.4, -0.2) is 26.1 Å². The van der Waals surface area contributed by atoms with E-state index in [2.05, 4.69) is 27.1 Å². The number of carbonyl (C=O) groups is 2. The van der Waals surface area contributed by atoms with Crippen molar-refractivity contribution >= 4 is 23.0 Å². The quantitative estimate of drug-likeness (QED) is 0.338. The minimum absolute atomic E-state index is 0.00722. The van der Waals surface area contributed by atoms with Crippen molar-refractivity contribution in [1.82, 2.24) is 14.4 Å². The van der Waals surface area contributed by atoms with Crippen molar-refractivity contribution in [1.29, 1.82) is 0 Å². The van der Waals surface area contributed by atoms with Gasteiger partial charge in [-0.15, -0.1) is 0 Å². The van der Waals surface area contributed by atoms with E-state index in [9.17, 15) is 9.59 Å². The van der Waals surface area contributed by atoms with Crippen LogP contribution < -0.4 is 5.32 Å². The third kappa shape index (κ3) is 4.85. The molecule has 1 aromatic carbocycles. The number of hydrogen-bond acceptors (Lipinski definition) is 4. The number of rotatable bonds is 5. The molecule has 5 rings (SSSR count). The summed E-state index contributed by atoms with van der Waals surface area (Å²) in [6.45, 7) is 3.96. The normalized spacial score (nSPS) is 13.1. The molecule has 6 heteroatoms. The summed E-state index contributed by atoms with van der Waals surface area (Å²) >= 11 is 0. The number of anilines is 1. The molecule has 6 nitrogen and oxygen atoms in total. The zero-order valence-electron chi connectivity index (χ0n) is 19.8. The fourth-order valence-corrected chi connectivity index (χ4v) is 4.13. The third-order valence-corrected chi connectivity index (χ3v) is 6.47. The molecule has 0 aliphatic heterocycles. The maximum Gasteiger partial charge on any atom is 0.227 e. The Kier molecular flexibility index (Phi) is 6.15. The van der Waals surface area contributed by atoms with Crippen LogP contribution in [0.1, 0.15) is 57.7 Å². The van der Waals surface area contributed by atoms with Gasteiger partial charge in [-0.25, -0.2) is 4.98 Å². The highest BCUT2D eigenvalue weighted by molar-refractivity contribution is 5.98. The molecule has 3 heterocycles. The lowest BCUT2D eigenvalue weighted by Crippen LogP contribution is -2.28. The van der Waals surface area contributed by atoms with Gasteiger partial charge in [0.25, 0.3) is 0 Å². The Labute approximate surface area is 204 Å². The van der Waals surface area contributed by atoms with Gasteiger partial charge in [0.05, 0.1) is 18.3 Å². The van der Waals surface area contributed by atoms with Crippen LogP contribution in [-0.2, 0) is 11.2 Å². The molecule has 0 spiro atoms. The smallest absolute Gasteiger partial charge is 0.227 e. The SMILES string of the molecule is Cc1ccnc(CC(=O)c2ccc(C)c(C#Cc3cnc4c(NC(=O)C5CCC5)cccn34)c2)c1. The van der Waals surface area contributed by atoms with E-state index in [1.165, 1.54) is 0 Å². The number of Topliss-reactive ketones (excluding diaryl/α,β-unsaturated/α-hetero) is 1. The Bertz CT molecular complexity index is 1500. The van der Waals surface area contributed by atoms with Crippen molar-refractivity contribution < 1.29 is 9.59 Å². The molecule has 1 aliphatic carbocycles. The lowest BCUT2D eigenvalue weighted by atomic mass is 9.85. The fraction of sp³-hybridized carbons (Fsp3) is 0.241. The first kappa shape index (κ1) is 22.5. The van der Waals surface area contributed by atoms with Gasteiger partial charge in [-0.05, 0) is 74.1 Å². The minimum Gasteiger partial charge on any atom is -0.323 e. The Morgan fingerprint density at radius 3 is 2.71 bits per heavy atom. The molecule has 0 saturated heterocycles. The Balaban J connectivity index is 1.39. The highest BCUT2D eigenvalue weighted by atomic mass is 16.2. The first-order valence-corrected chi connectivity index (χ1v) is 11.8. The van der Waals surface area contributed by atoms with Crippen molar-refractivity contribution in [3.8, 4) is 11.8 Å². The molecule has 1 aliphatic rings. The number of nitrogens with zero attached hydrogens (tertiary/aromatic N) is 3. The Morgan fingerprint density at radius 2 is 1.94 bits per heavy atom. The molecule has 1 amide bonds. The van der Waals surface area contributed by atoms with Crippen molar-refractivity contribution in [2.75, 3.05) is 5.32 Å². The summed E-state index contributed by atoms with van der Waals surface area (Å²) in [4.78, 5) is 34.1. The predicted molar refractivity (Wildman–Crippen MR) is 135 cm³/mol. The summed E-state index contributed by atoms with van der Waals surface area (Å²) < 4.78 is 1.87. The summed E-state index contributed by atoms with van der Waals surface area (Å²) in [6, 6.07) is 13.2. The number of ketones is 1. The van der Waals surface area contributed by atoms with E-state index in [0.29, 0.717) is 22.6 Å². The zero-order chi connectivity index (χ0) is 24.4. The fourth-order valence-electron chi connectivity index (χ4n) is 4.13.